The second-order valence-electron chi connectivity index (χ2n) is 1.58. The van der Waals surface area contributed by atoms with Crippen molar-refractivity contribution < 1.29 is 4.84 Å². The molecule has 0 atom stereocenters. The topological polar surface area (TPSA) is 35.2 Å². The Bertz CT molecular complexity index is 31.6. The van der Waals surface area contributed by atoms with E-state index in [9.17, 15) is 0 Å². The Labute approximate surface area is 52.9 Å². The molecule has 50 valence electrons. The van der Waals surface area contributed by atoms with Gasteiger partial charge < -0.3 is 4.84 Å². The third-order valence-corrected chi connectivity index (χ3v) is 0.866. The Kier molecular flexibility index (Phi) is 13.7. The molecular formula is C5H16BNO. The molecule has 0 rings (SSSR count). The van der Waals surface area contributed by atoms with Crippen LogP contribution in [0.3, 0.4) is 0 Å². The van der Waals surface area contributed by atoms with E-state index >= 15 is 0 Å². The Morgan fingerprint density at radius 2 is 2.00 bits per heavy atom. The molecule has 0 aliphatic heterocycles. The summed E-state index contributed by atoms with van der Waals surface area (Å²) in [4.78, 5) is 4.34. The largest absolute Gasteiger partial charge is 0.305 e. The summed E-state index contributed by atoms with van der Waals surface area (Å²) >= 11 is 0. The molecule has 0 aromatic carbocycles. The molecule has 0 aromatic heterocycles. The Hall–Kier alpha value is -0.0151. The second-order valence-corrected chi connectivity index (χ2v) is 1.58. The number of unbranched alkanes of at least 4 members (excludes halogenated alkanes) is 2. The summed E-state index contributed by atoms with van der Waals surface area (Å²) in [5, 5.41) is 0. The molecule has 8 heavy (non-hydrogen) atoms. The normalized spacial score (nSPS) is 8.25. The average Bonchev–Trinajstić information content (AvgIpc) is 1.69. The van der Waals surface area contributed by atoms with Gasteiger partial charge in [0, 0.05) is 0 Å². The third-order valence-electron chi connectivity index (χ3n) is 0.866. The van der Waals surface area contributed by atoms with E-state index in [4.69, 9.17) is 5.90 Å². The van der Waals surface area contributed by atoms with Crippen molar-refractivity contribution in [2.24, 2.45) is 5.90 Å². The van der Waals surface area contributed by atoms with E-state index in [1.807, 2.05) is 0 Å². The lowest BCUT2D eigenvalue weighted by atomic mass is 10.3. The van der Waals surface area contributed by atoms with Gasteiger partial charge in [0.15, 0.2) is 0 Å². The molecular weight excluding hydrogens is 101 g/mol. The van der Waals surface area contributed by atoms with E-state index in [-0.39, 0.29) is 8.41 Å². The Morgan fingerprint density at radius 1 is 1.38 bits per heavy atom. The lowest BCUT2D eigenvalue weighted by molar-refractivity contribution is 0.134. The highest BCUT2D eigenvalue weighted by Crippen LogP contribution is 1.91. The SMILES string of the molecule is B.CCCCCON. The second kappa shape index (κ2) is 10.1. The fourth-order valence-corrected chi connectivity index (χ4v) is 0.435. The molecule has 0 unspecified atom stereocenters. The number of nitrogens with two attached hydrogens (primary N) is 1. The van der Waals surface area contributed by atoms with Crippen LogP contribution in [-0.2, 0) is 4.84 Å². The van der Waals surface area contributed by atoms with Gasteiger partial charge in [-0.2, -0.15) is 0 Å². The highest BCUT2D eigenvalue weighted by molar-refractivity contribution is 5.75. The first-order chi connectivity index (χ1) is 3.41. The highest BCUT2D eigenvalue weighted by Gasteiger charge is 1.80. The molecule has 3 heteroatoms. The molecule has 0 radical (unpaired) electrons. The first-order valence-corrected chi connectivity index (χ1v) is 2.73. The Balaban J connectivity index is 0. The van der Waals surface area contributed by atoms with Gasteiger partial charge in [0.25, 0.3) is 0 Å². The molecule has 0 saturated carbocycles. The average molecular weight is 117 g/mol. The van der Waals surface area contributed by atoms with Crippen LogP contribution >= 0.6 is 0 Å². The molecule has 0 bridgehead atoms. The summed E-state index contributed by atoms with van der Waals surface area (Å²) in [7, 11) is 0. The van der Waals surface area contributed by atoms with Gasteiger partial charge in [-0.25, -0.2) is 5.90 Å². The van der Waals surface area contributed by atoms with E-state index in [0.717, 1.165) is 6.42 Å². The maximum absolute atomic E-state index is 4.77. The highest BCUT2D eigenvalue weighted by atomic mass is 16.6. The third kappa shape index (κ3) is 9.37. The summed E-state index contributed by atoms with van der Waals surface area (Å²) in [5.74, 6) is 4.77. The minimum atomic E-state index is 0. The minimum Gasteiger partial charge on any atom is -0.305 e. The van der Waals surface area contributed by atoms with E-state index in [1.54, 1.807) is 0 Å². The lowest BCUT2D eigenvalue weighted by Crippen LogP contribution is -1.99. The fourth-order valence-electron chi connectivity index (χ4n) is 0.435. The maximum atomic E-state index is 4.77. The first kappa shape index (κ1) is 10.9. The molecule has 0 amide bonds. The van der Waals surface area contributed by atoms with Crippen LogP contribution in [0.2, 0.25) is 0 Å². The van der Waals surface area contributed by atoms with Gasteiger partial charge in [0.05, 0.1) is 15.0 Å². The van der Waals surface area contributed by atoms with Crippen molar-refractivity contribution >= 4 is 8.41 Å². The first-order valence-electron chi connectivity index (χ1n) is 2.73. The van der Waals surface area contributed by atoms with Gasteiger partial charge in [-0.05, 0) is 6.42 Å². The molecule has 0 aliphatic rings. The van der Waals surface area contributed by atoms with Crippen molar-refractivity contribution in [3.05, 3.63) is 0 Å². The van der Waals surface area contributed by atoms with Gasteiger partial charge in [-0.1, -0.05) is 19.8 Å². The fraction of sp³-hybridized carbons (Fsp3) is 1.00. The zero-order valence-corrected chi connectivity index (χ0v) is 4.81. The van der Waals surface area contributed by atoms with Crippen molar-refractivity contribution in [2.45, 2.75) is 26.2 Å². The standard InChI is InChI=1S/C5H13NO.BH3/c1-2-3-4-5-7-6;/h2-6H2,1H3;1H3. The summed E-state index contributed by atoms with van der Waals surface area (Å²) in [6.07, 6.45) is 3.54. The van der Waals surface area contributed by atoms with Crippen LogP contribution in [0.15, 0.2) is 0 Å². The Morgan fingerprint density at radius 3 is 2.38 bits per heavy atom. The molecule has 2 N–H and O–H groups in total. The van der Waals surface area contributed by atoms with Crippen LogP contribution in [0, 0.1) is 0 Å². The van der Waals surface area contributed by atoms with Crippen molar-refractivity contribution in [2.75, 3.05) is 6.61 Å². The van der Waals surface area contributed by atoms with Crippen LogP contribution in [-0.4, -0.2) is 15.0 Å². The van der Waals surface area contributed by atoms with E-state index in [2.05, 4.69) is 11.8 Å². The molecule has 2 nitrogen and oxygen atoms in total. The smallest absolute Gasteiger partial charge is 0.0814 e. The molecule has 0 aliphatic carbocycles. The van der Waals surface area contributed by atoms with Gasteiger partial charge in [-0.3, -0.25) is 0 Å². The lowest BCUT2D eigenvalue weighted by Gasteiger charge is -1.92. The number of rotatable bonds is 4. The van der Waals surface area contributed by atoms with Crippen molar-refractivity contribution in [3.63, 3.8) is 0 Å². The van der Waals surface area contributed by atoms with Gasteiger partial charge in [0.2, 0.25) is 0 Å². The van der Waals surface area contributed by atoms with E-state index < -0.39 is 0 Å². The molecule has 0 heterocycles. The van der Waals surface area contributed by atoms with E-state index in [0.29, 0.717) is 6.61 Å². The minimum absolute atomic E-state index is 0. The molecule has 0 fully saturated rings. The van der Waals surface area contributed by atoms with Gasteiger partial charge in [0.1, 0.15) is 0 Å². The van der Waals surface area contributed by atoms with E-state index in [1.165, 1.54) is 12.8 Å². The van der Waals surface area contributed by atoms with Crippen LogP contribution in [0.4, 0.5) is 0 Å². The summed E-state index contributed by atoms with van der Waals surface area (Å²) in [6.45, 7) is 2.85. The molecule has 0 spiro atoms. The zero-order valence-electron chi connectivity index (χ0n) is 4.81. The summed E-state index contributed by atoms with van der Waals surface area (Å²) in [5.41, 5.74) is 0. The van der Waals surface area contributed by atoms with Crippen LogP contribution < -0.4 is 5.90 Å². The molecule has 0 aromatic rings. The van der Waals surface area contributed by atoms with Crippen molar-refractivity contribution in [3.8, 4) is 0 Å². The summed E-state index contributed by atoms with van der Waals surface area (Å²) in [6, 6.07) is 0. The maximum Gasteiger partial charge on any atom is 0.0814 e. The van der Waals surface area contributed by atoms with Gasteiger partial charge in [-0.15, -0.1) is 0 Å². The van der Waals surface area contributed by atoms with Crippen molar-refractivity contribution in [1.82, 2.24) is 0 Å². The number of hydrogen-bond donors (Lipinski definition) is 1. The predicted molar refractivity (Wildman–Crippen MR) is 39.6 cm³/mol. The van der Waals surface area contributed by atoms with Crippen LogP contribution in [0.25, 0.3) is 0 Å². The zero-order chi connectivity index (χ0) is 5.54. The van der Waals surface area contributed by atoms with Crippen LogP contribution in [0.1, 0.15) is 26.2 Å². The monoisotopic (exact) mass is 117 g/mol. The number of hydrogen-bond acceptors (Lipinski definition) is 2. The quantitative estimate of drug-likeness (QED) is 0.316. The van der Waals surface area contributed by atoms with Crippen LogP contribution in [0.5, 0.6) is 0 Å². The predicted octanol–water partition coefficient (Wildman–Crippen LogP) is -0.117. The van der Waals surface area contributed by atoms with Crippen molar-refractivity contribution in [1.29, 1.82) is 0 Å². The molecule has 0 saturated heterocycles. The van der Waals surface area contributed by atoms with Gasteiger partial charge >= 0.3 is 0 Å². The summed E-state index contributed by atoms with van der Waals surface area (Å²) < 4.78 is 0.